The SMILES string of the molecule is C=C(Cc1cccc(N2CC(F)(F)C2)n1)Nc1nnc(CC[C@H](CCCC)c2nnc(NC)s2)s1. The molecule has 0 unspecified atom stereocenters. The van der Waals surface area contributed by atoms with E-state index < -0.39 is 5.92 Å². The monoisotopic (exact) mass is 520 g/mol. The molecule has 2 N–H and O–H groups in total. The predicted octanol–water partition coefficient (Wildman–Crippen LogP) is 5.36. The van der Waals surface area contributed by atoms with Crippen molar-refractivity contribution in [3.8, 4) is 0 Å². The van der Waals surface area contributed by atoms with Crippen LogP contribution in [0.1, 0.15) is 54.2 Å². The van der Waals surface area contributed by atoms with E-state index in [0.29, 0.717) is 23.3 Å². The zero-order valence-corrected chi connectivity index (χ0v) is 21.6. The van der Waals surface area contributed by atoms with E-state index in [-0.39, 0.29) is 13.1 Å². The number of hydrogen-bond donors (Lipinski definition) is 2. The van der Waals surface area contributed by atoms with Gasteiger partial charge in [-0.1, -0.05) is 55.1 Å². The highest BCUT2D eigenvalue weighted by molar-refractivity contribution is 7.15. The number of aryl methyl sites for hydroxylation is 1. The predicted molar refractivity (Wildman–Crippen MR) is 138 cm³/mol. The van der Waals surface area contributed by atoms with Crippen LogP contribution in [0.25, 0.3) is 0 Å². The number of allylic oxidation sites excluding steroid dienone is 1. The van der Waals surface area contributed by atoms with Crippen LogP contribution in [0.2, 0.25) is 0 Å². The molecule has 35 heavy (non-hydrogen) atoms. The van der Waals surface area contributed by atoms with E-state index in [4.69, 9.17) is 0 Å². The summed E-state index contributed by atoms with van der Waals surface area (Å²) < 4.78 is 26.3. The van der Waals surface area contributed by atoms with Crippen molar-refractivity contribution < 1.29 is 8.78 Å². The first-order chi connectivity index (χ1) is 16.8. The Morgan fingerprint density at radius 1 is 1.14 bits per heavy atom. The highest BCUT2D eigenvalue weighted by Gasteiger charge is 2.44. The van der Waals surface area contributed by atoms with Gasteiger partial charge in [0.25, 0.3) is 5.92 Å². The summed E-state index contributed by atoms with van der Waals surface area (Å²) in [6.45, 7) is 5.70. The number of rotatable bonds is 13. The molecule has 188 valence electrons. The molecule has 0 amide bonds. The Balaban J connectivity index is 1.29. The average Bonchev–Trinajstić information content (AvgIpc) is 3.47. The maximum atomic E-state index is 13.2. The number of nitrogens with one attached hydrogen (secondary N) is 2. The third-order valence-electron chi connectivity index (χ3n) is 5.72. The molecule has 1 fully saturated rings. The zero-order chi connectivity index (χ0) is 24.8. The number of pyridine rings is 1. The third kappa shape index (κ3) is 6.91. The molecule has 0 aromatic carbocycles. The zero-order valence-electron chi connectivity index (χ0n) is 19.9. The minimum atomic E-state index is -2.62. The highest BCUT2D eigenvalue weighted by Crippen LogP contribution is 2.32. The van der Waals surface area contributed by atoms with Crippen LogP contribution in [0, 0.1) is 0 Å². The number of unbranched alkanes of at least 4 members (excludes halogenated alkanes) is 1. The van der Waals surface area contributed by atoms with Crippen LogP contribution >= 0.6 is 22.7 Å². The highest BCUT2D eigenvalue weighted by atomic mass is 32.1. The molecule has 1 aliphatic rings. The lowest BCUT2D eigenvalue weighted by Gasteiger charge is -2.39. The number of hydrogen-bond acceptors (Lipinski definition) is 10. The fraction of sp³-hybridized carbons (Fsp3) is 0.522. The first-order valence-corrected chi connectivity index (χ1v) is 13.4. The molecule has 0 bridgehead atoms. The summed E-state index contributed by atoms with van der Waals surface area (Å²) in [5, 5.41) is 27.0. The molecule has 4 heterocycles. The van der Waals surface area contributed by atoms with E-state index >= 15 is 0 Å². The van der Waals surface area contributed by atoms with Crippen LogP contribution in [0.3, 0.4) is 0 Å². The van der Waals surface area contributed by atoms with Crippen molar-refractivity contribution in [2.75, 3.05) is 35.7 Å². The third-order valence-corrected chi connectivity index (χ3v) is 7.72. The first-order valence-electron chi connectivity index (χ1n) is 11.7. The number of nitrogens with zero attached hydrogens (tertiary/aromatic N) is 6. The fourth-order valence-corrected chi connectivity index (χ4v) is 5.54. The van der Waals surface area contributed by atoms with Gasteiger partial charge >= 0.3 is 0 Å². The number of anilines is 3. The molecule has 3 aromatic rings. The van der Waals surface area contributed by atoms with Crippen molar-refractivity contribution in [2.24, 2.45) is 0 Å². The van der Waals surface area contributed by atoms with Crippen molar-refractivity contribution in [3.63, 3.8) is 0 Å². The number of halogens is 2. The molecule has 8 nitrogen and oxygen atoms in total. The Kier molecular flexibility index (Phi) is 8.22. The van der Waals surface area contributed by atoms with Gasteiger partial charge in [-0.15, -0.1) is 20.4 Å². The molecule has 1 saturated heterocycles. The van der Waals surface area contributed by atoms with Gasteiger partial charge in [0.2, 0.25) is 10.3 Å². The van der Waals surface area contributed by atoms with Gasteiger partial charge < -0.3 is 15.5 Å². The van der Waals surface area contributed by atoms with Gasteiger partial charge in [0, 0.05) is 37.2 Å². The van der Waals surface area contributed by atoms with Crippen molar-refractivity contribution >= 4 is 38.8 Å². The second kappa shape index (κ2) is 11.3. The van der Waals surface area contributed by atoms with E-state index in [1.807, 2.05) is 19.2 Å². The molecule has 12 heteroatoms. The maximum Gasteiger partial charge on any atom is 0.282 e. The van der Waals surface area contributed by atoms with E-state index in [9.17, 15) is 8.78 Å². The second-order valence-electron chi connectivity index (χ2n) is 8.68. The average molecular weight is 521 g/mol. The lowest BCUT2D eigenvalue weighted by atomic mass is 9.98. The van der Waals surface area contributed by atoms with E-state index in [0.717, 1.165) is 58.6 Å². The Labute approximate surface area is 211 Å². The topological polar surface area (TPSA) is 91.8 Å². The molecule has 3 aromatic heterocycles. The number of alkyl halides is 2. The van der Waals surface area contributed by atoms with Crippen LogP contribution in [-0.2, 0) is 12.8 Å². The van der Waals surface area contributed by atoms with Crippen molar-refractivity contribution in [3.05, 3.63) is 46.2 Å². The van der Waals surface area contributed by atoms with Crippen LogP contribution < -0.4 is 15.5 Å². The molecule has 1 atom stereocenters. The maximum absolute atomic E-state index is 13.2. The molecule has 0 saturated carbocycles. The van der Waals surface area contributed by atoms with E-state index in [2.05, 4.69) is 49.5 Å². The van der Waals surface area contributed by atoms with Gasteiger partial charge in [-0.3, -0.25) is 0 Å². The van der Waals surface area contributed by atoms with Gasteiger partial charge in [-0.25, -0.2) is 13.8 Å². The summed E-state index contributed by atoms with van der Waals surface area (Å²) in [7, 11) is 1.86. The van der Waals surface area contributed by atoms with Crippen LogP contribution in [0.15, 0.2) is 30.5 Å². The van der Waals surface area contributed by atoms with E-state index in [1.165, 1.54) is 11.3 Å². The molecule has 0 aliphatic carbocycles. The molecule has 4 rings (SSSR count). The molecule has 1 aliphatic heterocycles. The minimum Gasteiger partial charge on any atom is -0.363 e. The molecule has 0 spiro atoms. The smallest absolute Gasteiger partial charge is 0.282 e. The first kappa shape index (κ1) is 25.4. The van der Waals surface area contributed by atoms with Crippen molar-refractivity contribution in [1.82, 2.24) is 25.4 Å². The molecular weight excluding hydrogens is 490 g/mol. The van der Waals surface area contributed by atoms with Crippen LogP contribution in [0.5, 0.6) is 0 Å². The Hall–Kier alpha value is -2.73. The van der Waals surface area contributed by atoms with Gasteiger partial charge in [-0.05, 0) is 25.0 Å². The van der Waals surface area contributed by atoms with Gasteiger partial charge in [0.1, 0.15) is 15.8 Å². The number of aromatic nitrogens is 5. The largest absolute Gasteiger partial charge is 0.363 e. The summed E-state index contributed by atoms with van der Waals surface area (Å²) in [6, 6.07) is 5.45. The summed E-state index contributed by atoms with van der Waals surface area (Å²) in [6.07, 6.45) is 5.61. The van der Waals surface area contributed by atoms with Gasteiger partial charge in [0.15, 0.2) is 0 Å². The van der Waals surface area contributed by atoms with Crippen LogP contribution in [0.4, 0.5) is 24.9 Å². The van der Waals surface area contributed by atoms with Gasteiger partial charge in [-0.2, -0.15) is 0 Å². The summed E-state index contributed by atoms with van der Waals surface area (Å²) >= 11 is 3.12. The second-order valence-corrected chi connectivity index (χ2v) is 10.7. The van der Waals surface area contributed by atoms with Crippen molar-refractivity contribution in [1.29, 1.82) is 0 Å². The molecule has 0 radical (unpaired) electrons. The Bertz CT molecular complexity index is 1120. The molecular formula is C23H30F2N8S2. The van der Waals surface area contributed by atoms with Gasteiger partial charge in [0.05, 0.1) is 13.1 Å². The summed E-state index contributed by atoms with van der Waals surface area (Å²) in [5.74, 6) is -1.70. The lowest BCUT2D eigenvalue weighted by molar-refractivity contribution is -0.0267. The fourth-order valence-electron chi connectivity index (χ4n) is 3.87. The van der Waals surface area contributed by atoms with Crippen molar-refractivity contribution in [2.45, 2.75) is 57.3 Å². The lowest BCUT2D eigenvalue weighted by Crippen LogP contribution is -2.56. The minimum absolute atomic E-state index is 0.286. The quantitative estimate of drug-likeness (QED) is 0.311. The Morgan fingerprint density at radius 3 is 2.66 bits per heavy atom. The Morgan fingerprint density at radius 2 is 1.94 bits per heavy atom. The standard InChI is InChI=1S/C23H30F2N8S2/c1-4-5-7-16(20-30-31-21(26-3)35-20)10-11-19-29-32-22(34-19)27-15(2)12-17-8-6-9-18(28-17)33-13-23(24,25)14-33/h6,8-9,16H,2,4-5,7,10-14H2,1,3H3,(H,26,31)(H,27,32)/t16-/m0/s1. The van der Waals surface area contributed by atoms with Crippen LogP contribution in [-0.4, -0.2) is 51.4 Å². The van der Waals surface area contributed by atoms with E-state index in [1.54, 1.807) is 22.3 Å². The summed E-state index contributed by atoms with van der Waals surface area (Å²) in [4.78, 5) is 6.08. The normalized spacial score (nSPS) is 15.5. The summed E-state index contributed by atoms with van der Waals surface area (Å²) in [5.41, 5.74) is 1.48.